The number of aromatic nitrogens is 3. The fourth-order valence-electron chi connectivity index (χ4n) is 2.37. The van der Waals surface area contributed by atoms with Crippen LogP contribution in [0.4, 0.5) is 0 Å². The van der Waals surface area contributed by atoms with Gasteiger partial charge in [0, 0.05) is 26.7 Å². The Morgan fingerprint density at radius 1 is 1.19 bits per heavy atom. The molecule has 3 rings (SSSR count). The molecule has 0 unspecified atom stereocenters. The van der Waals surface area contributed by atoms with Gasteiger partial charge in [-0.3, -0.25) is 0 Å². The molecule has 0 aliphatic carbocycles. The quantitative estimate of drug-likeness (QED) is 0.600. The molecule has 3 aromatic rings. The second kappa shape index (κ2) is 7.26. The van der Waals surface area contributed by atoms with E-state index < -0.39 is 10.0 Å². The Morgan fingerprint density at radius 3 is 2.65 bits per heavy atom. The molecule has 0 bridgehead atoms. The summed E-state index contributed by atoms with van der Waals surface area (Å²) in [5.41, 5.74) is 2.16. The molecule has 2 heterocycles. The van der Waals surface area contributed by atoms with Gasteiger partial charge >= 0.3 is 0 Å². The van der Waals surface area contributed by atoms with Crippen LogP contribution < -0.4 is 0 Å². The zero-order chi connectivity index (χ0) is 18.9. The topological polar surface area (TPSA) is 81.2 Å². The number of aryl methyl sites for hydroxylation is 1. The van der Waals surface area contributed by atoms with Gasteiger partial charge in [0.15, 0.2) is 11.0 Å². The Bertz CT molecular complexity index is 1020. The summed E-state index contributed by atoms with van der Waals surface area (Å²) in [6.45, 7) is 2.03. The number of thioether (sulfide) groups is 1. The number of benzene rings is 1. The molecule has 0 N–H and O–H groups in total. The van der Waals surface area contributed by atoms with Crippen molar-refractivity contribution >= 4 is 21.8 Å². The van der Waals surface area contributed by atoms with Crippen LogP contribution in [0.1, 0.15) is 11.3 Å². The predicted molar refractivity (Wildman–Crippen MR) is 100 cm³/mol. The number of sulfonamides is 1. The van der Waals surface area contributed by atoms with E-state index in [1.54, 1.807) is 6.07 Å². The van der Waals surface area contributed by atoms with Crippen molar-refractivity contribution in [1.29, 1.82) is 0 Å². The minimum absolute atomic E-state index is 0.0588. The van der Waals surface area contributed by atoms with Crippen molar-refractivity contribution in [1.82, 2.24) is 19.1 Å². The van der Waals surface area contributed by atoms with Crippen molar-refractivity contribution in [3.63, 3.8) is 0 Å². The first-order chi connectivity index (χ1) is 12.3. The second-order valence-corrected chi connectivity index (χ2v) is 9.06. The Kier molecular flexibility index (Phi) is 5.22. The maximum absolute atomic E-state index is 12.1. The summed E-state index contributed by atoms with van der Waals surface area (Å²) >= 11 is 1.44. The molecule has 2 aromatic heterocycles. The fourth-order valence-corrected chi connectivity index (χ4v) is 3.98. The number of nitrogens with zero attached hydrogens (tertiary/aromatic N) is 4. The third-order valence-corrected chi connectivity index (χ3v) is 6.56. The highest BCUT2D eigenvalue weighted by atomic mass is 32.2. The van der Waals surface area contributed by atoms with Crippen molar-refractivity contribution in [2.24, 2.45) is 7.05 Å². The standard InChI is InChI=1S/C17H20N4O3S2/c1-12-6-5-7-13(10-12)16-18-19-17(21(16)4)25-11-14-8-9-15(24-14)26(22,23)20(2)3/h5-10H,11H2,1-4H3. The van der Waals surface area contributed by atoms with Crippen LogP contribution in [0.25, 0.3) is 11.4 Å². The number of rotatable bonds is 6. The van der Waals surface area contributed by atoms with Gasteiger partial charge in [-0.05, 0) is 25.1 Å². The molecule has 0 radical (unpaired) electrons. The van der Waals surface area contributed by atoms with Crippen LogP contribution in [-0.4, -0.2) is 41.6 Å². The minimum atomic E-state index is -3.56. The van der Waals surface area contributed by atoms with Crippen LogP contribution in [0, 0.1) is 6.92 Å². The summed E-state index contributed by atoms with van der Waals surface area (Å²) in [6.07, 6.45) is 0. The zero-order valence-corrected chi connectivity index (χ0v) is 16.6. The lowest BCUT2D eigenvalue weighted by molar-refractivity contribution is 0.408. The van der Waals surface area contributed by atoms with Crippen LogP contribution in [-0.2, 0) is 22.8 Å². The third-order valence-electron chi connectivity index (χ3n) is 3.83. The van der Waals surface area contributed by atoms with E-state index in [9.17, 15) is 8.42 Å². The van der Waals surface area contributed by atoms with Gasteiger partial charge in [0.25, 0.3) is 10.0 Å². The molecule has 0 amide bonds. The summed E-state index contributed by atoms with van der Waals surface area (Å²) in [4.78, 5) is 0. The molecule has 0 aliphatic heterocycles. The van der Waals surface area contributed by atoms with Gasteiger partial charge in [-0.1, -0.05) is 35.5 Å². The molecule has 0 spiro atoms. The molecule has 26 heavy (non-hydrogen) atoms. The highest BCUT2D eigenvalue weighted by molar-refractivity contribution is 7.98. The number of hydrogen-bond acceptors (Lipinski definition) is 6. The minimum Gasteiger partial charge on any atom is -0.447 e. The molecule has 1 aromatic carbocycles. The van der Waals surface area contributed by atoms with Crippen LogP contribution in [0.3, 0.4) is 0 Å². The maximum Gasteiger partial charge on any atom is 0.275 e. The fraction of sp³-hybridized carbons (Fsp3) is 0.294. The Morgan fingerprint density at radius 2 is 1.96 bits per heavy atom. The van der Waals surface area contributed by atoms with Gasteiger partial charge in [0.05, 0.1) is 5.75 Å². The molecule has 0 aliphatic rings. The second-order valence-electron chi connectivity index (χ2n) is 6.03. The van der Waals surface area contributed by atoms with Gasteiger partial charge in [0.2, 0.25) is 5.09 Å². The molecule has 0 saturated carbocycles. The van der Waals surface area contributed by atoms with Crippen molar-refractivity contribution in [2.75, 3.05) is 14.1 Å². The van der Waals surface area contributed by atoms with Gasteiger partial charge in [-0.25, -0.2) is 12.7 Å². The van der Waals surface area contributed by atoms with Gasteiger partial charge in [0.1, 0.15) is 5.76 Å². The van der Waals surface area contributed by atoms with Gasteiger partial charge in [-0.15, -0.1) is 10.2 Å². The number of furan rings is 1. The van der Waals surface area contributed by atoms with Crippen LogP contribution in [0.15, 0.2) is 51.1 Å². The molecule has 9 heteroatoms. The summed E-state index contributed by atoms with van der Waals surface area (Å²) in [5, 5.41) is 9.17. The summed E-state index contributed by atoms with van der Waals surface area (Å²) in [5.74, 6) is 1.81. The van der Waals surface area contributed by atoms with Crippen molar-refractivity contribution in [3.05, 3.63) is 47.7 Å². The summed E-state index contributed by atoms with van der Waals surface area (Å²) in [7, 11) is 1.29. The average Bonchev–Trinajstić information content (AvgIpc) is 3.20. The van der Waals surface area contributed by atoms with Gasteiger partial charge < -0.3 is 8.98 Å². The van der Waals surface area contributed by atoms with Crippen LogP contribution >= 0.6 is 11.8 Å². The van der Waals surface area contributed by atoms with E-state index in [1.165, 1.54) is 31.9 Å². The van der Waals surface area contributed by atoms with E-state index in [4.69, 9.17) is 4.42 Å². The van der Waals surface area contributed by atoms with E-state index in [0.717, 1.165) is 26.4 Å². The van der Waals surface area contributed by atoms with Crippen molar-refractivity contribution in [2.45, 2.75) is 22.9 Å². The van der Waals surface area contributed by atoms with E-state index in [-0.39, 0.29) is 5.09 Å². The van der Waals surface area contributed by atoms with E-state index in [2.05, 4.69) is 16.3 Å². The third kappa shape index (κ3) is 3.69. The first-order valence-corrected chi connectivity index (χ1v) is 10.3. The first kappa shape index (κ1) is 18.7. The van der Waals surface area contributed by atoms with E-state index in [1.807, 2.05) is 36.7 Å². The molecular formula is C17H20N4O3S2. The first-order valence-electron chi connectivity index (χ1n) is 7.89. The van der Waals surface area contributed by atoms with E-state index >= 15 is 0 Å². The SMILES string of the molecule is Cc1cccc(-c2nnc(SCc3ccc(S(=O)(=O)N(C)C)o3)n2C)c1. The molecule has 7 nitrogen and oxygen atoms in total. The zero-order valence-electron chi connectivity index (χ0n) is 15.0. The Balaban J connectivity index is 1.75. The lowest BCUT2D eigenvalue weighted by Gasteiger charge is -2.07. The van der Waals surface area contributed by atoms with E-state index in [0.29, 0.717) is 11.5 Å². The van der Waals surface area contributed by atoms with Crippen LogP contribution in [0.5, 0.6) is 0 Å². The summed E-state index contributed by atoms with van der Waals surface area (Å²) in [6, 6.07) is 11.2. The van der Waals surface area contributed by atoms with Gasteiger partial charge in [-0.2, -0.15) is 0 Å². The highest BCUT2D eigenvalue weighted by Gasteiger charge is 2.21. The predicted octanol–water partition coefficient (Wildman–Crippen LogP) is 2.93. The molecule has 0 fully saturated rings. The van der Waals surface area contributed by atoms with Crippen LogP contribution in [0.2, 0.25) is 0 Å². The monoisotopic (exact) mass is 392 g/mol. The molecule has 0 saturated heterocycles. The molecular weight excluding hydrogens is 372 g/mol. The van der Waals surface area contributed by atoms with Crippen molar-refractivity contribution in [3.8, 4) is 11.4 Å². The maximum atomic E-state index is 12.1. The largest absolute Gasteiger partial charge is 0.447 e. The summed E-state index contributed by atoms with van der Waals surface area (Å²) < 4.78 is 32.6. The molecule has 138 valence electrons. The van der Waals surface area contributed by atoms with Crippen molar-refractivity contribution < 1.29 is 12.8 Å². The Hall–Kier alpha value is -2.10. The lowest BCUT2D eigenvalue weighted by atomic mass is 10.1. The highest BCUT2D eigenvalue weighted by Crippen LogP contribution is 2.27. The smallest absolute Gasteiger partial charge is 0.275 e. The number of hydrogen-bond donors (Lipinski definition) is 0. The normalized spacial score (nSPS) is 12.0. The average molecular weight is 393 g/mol. The Labute approximate surface area is 157 Å². The molecule has 0 atom stereocenters. The lowest BCUT2D eigenvalue weighted by Crippen LogP contribution is -2.21.